The summed E-state index contributed by atoms with van der Waals surface area (Å²) < 4.78 is 7.16. The molecule has 0 aliphatic rings. The highest BCUT2D eigenvalue weighted by molar-refractivity contribution is 5.92. The van der Waals surface area contributed by atoms with Crippen molar-refractivity contribution in [1.82, 2.24) is 14.4 Å². The van der Waals surface area contributed by atoms with Gasteiger partial charge in [0, 0.05) is 37.2 Å². The first-order valence-electron chi connectivity index (χ1n) is 10.4. The normalized spacial score (nSPS) is 10.7. The molecule has 0 bridgehead atoms. The number of benzene rings is 1. The summed E-state index contributed by atoms with van der Waals surface area (Å²) in [5, 5.41) is 2.87. The zero-order valence-corrected chi connectivity index (χ0v) is 18.7. The van der Waals surface area contributed by atoms with Crippen LogP contribution in [-0.2, 0) is 18.4 Å². The highest BCUT2D eigenvalue weighted by Gasteiger charge is 2.24. The molecule has 1 N–H and O–H groups in total. The molecule has 2 rings (SSSR count). The van der Waals surface area contributed by atoms with Crippen LogP contribution in [0.5, 0.6) is 5.75 Å². The Balaban J connectivity index is 2.08. The number of methoxy groups -OCH3 is 1. The largest absolute Gasteiger partial charge is 0.497 e. The number of urea groups is 1. The van der Waals surface area contributed by atoms with E-state index in [-0.39, 0.29) is 24.5 Å². The molecule has 0 atom stereocenters. The number of aromatic nitrogens is 1. The van der Waals surface area contributed by atoms with E-state index in [0.717, 1.165) is 24.3 Å². The van der Waals surface area contributed by atoms with Crippen molar-refractivity contribution in [3.05, 3.63) is 48.3 Å². The molecule has 1 aromatic heterocycles. The molecule has 1 aromatic carbocycles. The van der Waals surface area contributed by atoms with E-state index in [2.05, 4.69) is 12.2 Å². The maximum absolute atomic E-state index is 13.1. The number of rotatable bonds is 10. The molecule has 1 heterocycles. The predicted molar refractivity (Wildman–Crippen MR) is 120 cm³/mol. The van der Waals surface area contributed by atoms with E-state index in [0.29, 0.717) is 18.8 Å². The summed E-state index contributed by atoms with van der Waals surface area (Å²) in [5.74, 6) is 0.666. The zero-order chi connectivity index (χ0) is 22.1. The molecular weight excluding hydrogens is 380 g/mol. The van der Waals surface area contributed by atoms with Crippen molar-refractivity contribution >= 4 is 17.6 Å². The van der Waals surface area contributed by atoms with Crippen molar-refractivity contribution in [3.8, 4) is 5.75 Å². The Kier molecular flexibility index (Phi) is 8.77. The second kappa shape index (κ2) is 11.3. The number of nitrogens with one attached hydrogen (secondary N) is 1. The minimum absolute atomic E-state index is 0.0355. The van der Waals surface area contributed by atoms with Gasteiger partial charge in [0.15, 0.2) is 0 Å². The smallest absolute Gasteiger partial charge is 0.322 e. The molecule has 3 amide bonds. The molecule has 7 nitrogen and oxygen atoms in total. The number of nitrogens with zero attached hydrogens (tertiary/aromatic N) is 3. The van der Waals surface area contributed by atoms with Crippen LogP contribution in [0.2, 0.25) is 0 Å². The van der Waals surface area contributed by atoms with Crippen LogP contribution < -0.4 is 10.1 Å². The fourth-order valence-corrected chi connectivity index (χ4v) is 3.10. The quantitative estimate of drug-likeness (QED) is 0.636. The summed E-state index contributed by atoms with van der Waals surface area (Å²) in [6.45, 7) is 7.17. The number of aryl methyl sites for hydroxylation is 1. The zero-order valence-electron chi connectivity index (χ0n) is 18.7. The van der Waals surface area contributed by atoms with Gasteiger partial charge in [-0.3, -0.25) is 4.79 Å². The number of ether oxygens (including phenoxy) is 1. The highest BCUT2D eigenvalue weighted by atomic mass is 16.5. The van der Waals surface area contributed by atoms with Gasteiger partial charge in [-0.25, -0.2) is 4.79 Å². The highest BCUT2D eigenvalue weighted by Crippen LogP contribution is 2.16. The fourth-order valence-electron chi connectivity index (χ4n) is 3.10. The second-order valence-corrected chi connectivity index (χ2v) is 7.66. The number of carbonyl (C=O) groups is 2. The third kappa shape index (κ3) is 6.54. The maximum Gasteiger partial charge on any atom is 0.322 e. The van der Waals surface area contributed by atoms with E-state index < -0.39 is 0 Å². The lowest BCUT2D eigenvalue weighted by Gasteiger charge is -2.30. The molecule has 30 heavy (non-hydrogen) atoms. The van der Waals surface area contributed by atoms with E-state index in [1.807, 2.05) is 48.7 Å². The molecule has 0 radical (unpaired) electrons. The molecule has 7 heteroatoms. The van der Waals surface area contributed by atoms with E-state index in [1.165, 1.54) is 0 Å². The van der Waals surface area contributed by atoms with Gasteiger partial charge in [0.25, 0.3) is 0 Å². The number of amides is 3. The van der Waals surface area contributed by atoms with Gasteiger partial charge in [-0.05, 0) is 56.7 Å². The van der Waals surface area contributed by atoms with E-state index >= 15 is 0 Å². The number of hydrogen-bond acceptors (Lipinski definition) is 3. The van der Waals surface area contributed by atoms with E-state index in [1.54, 1.807) is 36.3 Å². The van der Waals surface area contributed by atoms with Crippen molar-refractivity contribution < 1.29 is 14.3 Å². The van der Waals surface area contributed by atoms with E-state index in [4.69, 9.17) is 4.74 Å². The second-order valence-electron chi connectivity index (χ2n) is 7.66. The molecular formula is C23H34N4O3. The lowest BCUT2D eigenvalue weighted by atomic mass is 10.2. The van der Waals surface area contributed by atoms with Crippen LogP contribution in [0.4, 0.5) is 10.5 Å². The van der Waals surface area contributed by atoms with Crippen LogP contribution in [0.25, 0.3) is 0 Å². The van der Waals surface area contributed by atoms with Crippen LogP contribution in [-0.4, -0.2) is 52.5 Å². The lowest BCUT2D eigenvalue weighted by molar-refractivity contribution is -0.132. The van der Waals surface area contributed by atoms with Crippen LogP contribution in [0, 0.1) is 0 Å². The molecule has 0 spiro atoms. The topological polar surface area (TPSA) is 66.8 Å². The van der Waals surface area contributed by atoms with Gasteiger partial charge in [0.05, 0.1) is 13.7 Å². The van der Waals surface area contributed by atoms with Gasteiger partial charge in [-0.15, -0.1) is 0 Å². The summed E-state index contributed by atoms with van der Waals surface area (Å²) in [7, 11) is 3.57. The minimum Gasteiger partial charge on any atom is -0.497 e. The molecule has 2 aromatic rings. The Hall–Kier alpha value is -2.96. The van der Waals surface area contributed by atoms with Crippen LogP contribution in [0.1, 0.15) is 39.3 Å². The Morgan fingerprint density at radius 2 is 1.87 bits per heavy atom. The molecule has 0 unspecified atom stereocenters. The maximum atomic E-state index is 13.1. The Morgan fingerprint density at radius 3 is 2.40 bits per heavy atom. The standard InChI is InChI=1S/C23H34N4O3/c1-6-7-15-26(16-20-9-8-14-25(20)4)22(28)17-27(18(2)3)23(29)24-19-10-12-21(30-5)13-11-19/h8-14,18H,6-7,15-17H2,1-5H3,(H,24,29). The third-order valence-electron chi connectivity index (χ3n) is 5.07. The Morgan fingerprint density at radius 1 is 1.17 bits per heavy atom. The average Bonchev–Trinajstić information content (AvgIpc) is 3.13. The van der Waals surface area contributed by atoms with Crippen molar-refractivity contribution in [2.45, 2.75) is 46.2 Å². The van der Waals surface area contributed by atoms with Gasteiger partial charge in [-0.2, -0.15) is 0 Å². The molecule has 0 aliphatic carbocycles. The van der Waals surface area contributed by atoms with Crippen molar-refractivity contribution in [2.75, 3.05) is 25.5 Å². The van der Waals surface area contributed by atoms with Crippen LogP contribution >= 0.6 is 0 Å². The van der Waals surface area contributed by atoms with Crippen LogP contribution in [0.15, 0.2) is 42.6 Å². The molecule has 164 valence electrons. The van der Waals surface area contributed by atoms with Gasteiger partial charge < -0.3 is 24.4 Å². The summed E-state index contributed by atoms with van der Waals surface area (Å²) >= 11 is 0. The van der Waals surface area contributed by atoms with Gasteiger partial charge in [0.1, 0.15) is 12.3 Å². The number of carbonyl (C=O) groups excluding carboxylic acids is 2. The van der Waals surface area contributed by atoms with Crippen molar-refractivity contribution in [3.63, 3.8) is 0 Å². The van der Waals surface area contributed by atoms with E-state index in [9.17, 15) is 9.59 Å². The average molecular weight is 415 g/mol. The molecule has 0 saturated carbocycles. The number of unbranched alkanes of at least 4 members (excludes halogenated alkanes) is 1. The van der Waals surface area contributed by atoms with Gasteiger partial charge >= 0.3 is 6.03 Å². The third-order valence-corrected chi connectivity index (χ3v) is 5.07. The molecule has 0 fully saturated rings. The Bertz CT molecular complexity index is 814. The molecule has 0 aliphatic heterocycles. The van der Waals surface area contributed by atoms with Gasteiger partial charge in [-0.1, -0.05) is 13.3 Å². The van der Waals surface area contributed by atoms with Crippen molar-refractivity contribution in [2.24, 2.45) is 7.05 Å². The Labute approximate surface area is 179 Å². The van der Waals surface area contributed by atoms with Crippen molar-refractivity contribution in [1.29, 1.82) is 0 Å². The number of anilines is 1. The monoisotopic (exact) mass is 414 g/mol. The number of hydrogen-bond donors (Lipinski definition) is 1. The lowest BCUT2D eigenvalue weighted by Crippen LogP contribution is -2.47. The summed E-state index contributed by atoms with van der Waals surface area (Å²) in [6, 6.07) is 10.7. The fraction of sp³-hybridized carbons (Fsp3) is 0.478. The summed E-state index contributed by atoms with van der Waals surface area (Å²) in [6.07, 6.45) is 3.90. The summed E-state index contributed by atoms with van der Waals surface area (Å²) in [4.78, 5) is 29.4. The van der Waals surface area contributed by atoms with Gasteiger partial charge in [0.2, 0.25) is 5.91 Å². The SMILES string of the molecule is CCCCN(Cc1cccn1C)C(=O)CN(C(=O)Nc1ccc(OC)cc1)C(C)C. The first-order chi connectivity index (χ1) is 14.3. The first-order valence-corrected chi connectivity index (χ1v) is 10.4. The molecule has 0 saturated heterocycles. The minimum atomic E-state index is -0.294. The summed E-state index contributed by atoms with van der Waals surface area (Å²) in [5.41, 5.74) is 1.73. The predicted octanol–water partition coefficient (Wildman–Crippen LogP) is 4.10. The first kappa shape index (κ1) is 23.3. The van der Waals surface area contributed by atoms with Crippen LogP contribution in [0.3, 0.4) is 0 Å².